The van der Waals surface area contributed by atoms with Gasteiger partial charge in [0.2, 0.25) is 10.0 Å². The van der Waals surface area contributed by atoms with Crippen molar-refractivity contribution in [3.05, 3.63) is 46.7 Å². The van der Waals surface area contributed by atoms with Crippen molar-refractivity contribution in [2.75, 3.05) is 13.2 Å². The molecule has 120 valence electrons. The third-order valence-electron chi connectivity index (χ3n) is 3.25. The summed E-state index contributed by atoms with van der Waals surface area (Å²) in [6.07, 6.45) is 0. The molecule has 0 aliphatic heterocycles. The van der Waals surface area contributed by atoms with Gasteiger partial charge in [0.05, 0.1) is 12.3 Å². The Balaban J connectivity index is 2.42. The summed E-state index contributed by atoms with van der Waals surface area (Å²) in [6, 6.07) is 9.19. The van der Waals surface area contributed by atoms with Gasteiger partial charge in [-0.2, -0.15) is 9.40 Å². The first-order chi connectivity index (χ1) is 10.4. The normalized spacial score (nSPS) is 12.0. The van der Waals surface area contributed by atoms with Gasteiger partial charge in [0.15, 0.2) is 0 Å². The Morgan fingerprint density at radius 2 is 1.95 bits per heavy atom. The van der Waals surface area contributed by atoms with Gasteiger partial charge < -0.3 is 5.11 Å². The Labute approximate surface area is 135 Å². The van der Waals surface area contributed by atoms with Gasteiger partial charge in [-0.15, -0.1) is 0 Å². The van der Waals surface area contributed by atoms with Crippen molar-refractivity contribution in [3.63, 3.8) is 0 Å². The van der Waals surface area contributed by atoms with Crippen LogP contribution in [0.1, 0.15) is 11.3 Å². The molecule has 0 spiro atoms. The van der Waals surface area contributed by atoms with E-state index in [1.54, 1.807) is 14.0 Å². The summed E-state index contributed by atoms with van der Waals surface area (Å²) < 4.78 is 28.2. The van der Waals surface area contributed by atoms with Gasteiger partial charge in [-0.05, 0) is 12.5 Å². The molecular weight excluding hydrogens is 326 g/mol. The van der Waals surface area contributed by atoms with E-state index in [-0.39, 0.29) is 29.7 Å². The molecule has 22 heavy (non-hydrogen) atoms. The zero-order chi connectivity index (χ0) is 16.3. The first-order valence-corrected chi connectivity index (χ1v) is 8.53. The highest BCUT2D eigenvalue weighted by molar-refractivity contribution is 7.89. The van der Waals surface area contributed by atoms with Crippen LogP contribution in [0.3, 0.4) is 0 Å². The van der Waals surface area contributed by atoms with Gasteiger partial charge >= 0.3 is 0 Å². The minimum atomic E-state index is -3.84. The number of nitrogens with zero attached hydrogens (tertiary/aromatic N) is 3. The number of sulfonamides is 1. The van der Waals surface area contributed by atoms with Crippen LogP contribution in [-0.2, 0) is 23.6 Å². The third kappa shape index (κ3) is 3.33. The lowest BCUT2D eigenvalue weighted by Crippen LogP contribution is -2.33. The predicted molar refractivity (Wildman–Crippen MR) is 84.1 cm³/mol. The van der Waals surface area contributed by atoms with Crippen LogP contribution in [-0.4, -0.2) is 40.8 Å². The maximum atomic E-state index is 12.9. The Bertz CT molecular complexity index is 744. The van der Waals surface area contributed by atoms with E-state index in [1.165, 1.54) is 8.99 Å². The van der Waals surface area contributed by atoms with E-state index in [1.807, 2.05) is 30.3 Å². The molecule has 2 rings (SSSR count). The monoisotopic (exact) mass is 343 g/mol. The number of benzene rings is 1. The van der Waals surface area contributed by atoms with E-state index in [0.29, 0.717) is 5.69 Å². The van der Waals surface area contributed by atoms with Crippen molar-refractivity contribution < 1.29 is 13.5 Å². The number of hydrogen-bond acceptors (Lipinski definition) is 4. The van der Waals surface area contributed by atoms with Crippen LogP contribution in [0.2, 0.25) is 5.15 Å². The second-order valence-electron chi connectivity index (χ2n) is 4.88. The van der Waals surface area contributed by atoms with E-state index in [0.717, 1.165) is 5.56 Å². The summed E-state index contributed by atoms with van der Waals surface area (Å²) in [6.45, 7) is 1.47. The Kier molecular flexibility index (Phi) is 5.23. The molecule has 1 aromatic heterocycles. The molecule has 1 heterocycles. The lowest BCUT2D eigenvalue weighted by Gasteiger charge is -2.21. The number of aliphatic hydroxyl groups is 1. The van der Waals surface area contributed by atoms with Gasteiger partial charge in [0.1, 0.15) is 10.0 Å². The van der Waals surface area contributed by atoms with Gasteiger partial charge in [-0.25, -0.2) is 8.42 Å². The number of aryl methyl sites for hydroxylation is 2. The quantitative estimate of drug-likeness (QED) is 0.863. The van der Waals surface area contributed by atoms with Crippen LogP contribution in [0, 0.1) is 6.92 Å². The van der Waals surface area contributed by atoms with Gasteiger partial charge in [-0.3, -0.25) is 4.68 Å². The highest BCUT2D eigenvalue weighted by Gasteiger charge is 2.31. The second kappa shape index (κ2) is 6.78. The molecule has 0 fully saturated rings. The Morgan fingerprint density at radius 1 is 1.32 bits per heavy atom. The molecule has 0 amide bonds. The first-order valence-electron chi connectivity index (χ1n) is 6.72. The number of aliphatic hydroxyl groups excluding tert-OH is 1. The summed E-state index contributed by atoms with van der Waals surface area (Å²) in [4.78, 5) is -0.0129. The van der Waals surface area contributed by atoms with Crippen molar-refractivity contribution in [2.45, 2.75) is 18.4 Å². The molecule has 1 N–H and O–H groups in total. The SMILES string of the molecule is Cc1nn(C)c(Cl)c1S(=O)(=O)N(CCO)Cc1ccccc1. The van der Waals surface area contributed by atoms with E-state index in [2.05, 4.69) is 5.10 Å². The van der Waals surface area contributed by atoms with Crippen molar-refractivity contribution in [3.8, 4) is 0 Å². The predicted octanol–water partition coefficient (Wildman–Crippen LogP) is 1.57. The van der Waals surface area contributed by atoms with E-state index in [4.69, 9.17) is 11.6 Å². The number of rotatable bonds is 6. The molecule has 0 unspecified atom stereocenters. The minimum Gasteiger partial charge on any atom is -0.395 e. The van der Waals surface area contributed by atoms with E-state index in [9.17, 15) is 13.5 Å². The van der Waals surface area contributed by atoms with Gasteiger partial charge in [0.25, 0.3) is 0 Å². The topological polar surface area (TPSA) is 75.4 Å². The summed E-state index contributed by atoms with van der Waals surface area (Å²) in [7, 11) is -2.26. The van der Waals surface area contributed by atoms with Crippen LogP contribution < -0.4 is 0 Å². The molecular formula is C14H18ClN3O3S. The fourth-order valence-corrected chi connectivity index (χ4v) is 4.34. The summed E-state index contributed by atoms with van der Waals surface area (Å²) in [5.74, 6) is 0. The molecule has 0 bridgehead atoms. The van der Waals surface area contributed by atoms with E-state index >= 15 is 0 Å². The van der Waals surface area contributed by atoms with Crippen LogP contribution in [0.15, 0.2) is 35.2 Å². The largest absolute Gasteiger partial charge is 0.395 e. The van der Waals surface area contributed by atoms with Crippen LogP contribution in [0.25, 0.3) is 0 Å². The highest BCUT2D eigenvalue weighted by atomic mass is 35.5. The molecule has 8 heteroatoms. The Morgan fingerprint density at radius 3 is 2.45 bits per heavy atom. The molecule has 0 saturated carbocycles. The molecule has 0 saturated heterocycles. The van der Waals surface area contributed by atoms with Gasteiger partial charge in [-0.1, -0.05) is 41.9 Å². The zero-order valence-electron chi connectivity index (χ0n) is 12.4. The lowest BCUT2D eigenvalue weighted by atomic mass is 10.2. The first kappa shape index (κ1) is 17.0. The fraction of sp³-hybridized carbons (Fsp3) is 0.357. The molecule has 1 aromatic carbocycles. The van der Waals surface area contributed by atoms with Crippen molar-refractivity contribution in [2.24, 2.45) is 7.05 Å². The molecule has 0 aliphatic carbocycles. The van der Waals surface area contributed by atoms with E-state index < -0.39 is 10.0 Å². The average molecular weight is 344 g/mol. The maximum Gasteiger partial charge on any atom is 0.248 e. The third-order valence-corrected chi connectivity index (χ3v) is 5.79. The van der Waals surface area contributed by atoms with Gasteiger partial charge in [0, 0.05) is 20.1 Å². The smallest absolute Gasteiger partial charge is 0.248 e. The summed E-state index contributed by atoms with van der Waals surface area (Å²) in [5, 5.41) is 13.3. The molecule has 0 atom stereocenters. The van der Waals surface area contributed by atoms with Crippen molar-refractivity contribution >= 4 is 21.6 Å². The van der Waals surface area contributed by atoms with Crippen LogP contribution in [0.4, 0.5) is 0 Å². The van der Waals surface area contributed by atoms with Crippen LogP contribution >= 0.6 is 11.6 Å². The standard InChI is InChI=1S/C14H18ClN3O3S/c1-11-13(14(15)17(2)16-11)22(20,21)18(8-9-19)10-12-6-4-3-5-7-12/h3-7,19H,8-10H2,1-2H3. The molecule has 0 radical (unpaired) electrons. The van der Waals surface area contributed by atoms with Crippen LogP contribution in [0.5, 0.6) is 0 Å². The fourth-order valence-electron chi connectivity index (χ4n) is 2.22. The number of halogens is 1. The Hall–Kier alpha value is -1.41. The number of aromatic nitrogens is 2. The van der Waals surface area contributed by atoms with Crippen molar-refractivity contribution in [1.82, 2.24) is 14.1 Å². The summed E-state index contributed by atoms with van der Waals surface area (Å²) in [5.41, 5.74) is 1.17. The highest BCUT2D eigenvalue weighted by Crippen LogP contribution is 2.28. The second-order valence-corrected chi connectivity index (χ2v) is 7.11. The minimum absolute atomic E-state index is 0.0120. The lowest BCUT2D eigenvalue weighted by molar-refractivity contribution is 0.251. The molecule has 0 aliphatic rings. The molecule has 6 nitrogen and oxygen atoms in total. The zero-order valence-corrected chi connectivity index (χ0v) is 14.0. The average Bonchev–Trinajstić information content (AvgIpc) is 2.73. The van der Waals surface area contributed by atoms with Crippen molar-refractivity contribution in [1.29, 1.82) is 0 Å². The molecule has 2 aromatic rings. The number of hydrogen-bond donors (Lipinski definition) is 1. The summed E-state index contributed by atoms with van der Waals surface area (Å²) >= 11 is 6.08. The maximum absolute atomic E-state index is 12.9.